The SMILES string of the molecule is C=C(CCC(CO)(CO)CO)C(=O)OC1C[C@H]2CC[C@@]1(C)C2(C)C. The number of fused-ring (bicyclic) bond motifs is 2. The van der Waals surface area contributed by atoms with Gasteiger partial charge in [0.1, 0.15) is 6.10 Å². The van der Waals surface area contributed by atoms with Gasteiger partial charge in [0.05, 0.1) is 19.8 Å². The first-order chi connectivity index (χ1) is 11.2. The second kappa shape index (κ2) is 6.77. The van der Waals surface area contributed by atoms with Gasteiger partial charge in [-0.25, -0.2) is 4.79 Å². The molecular weight excluding hydrogens is 308 g/mol. The molecule has 0 aromatic carbocycles. The highest BCUT2D eigenvalue weighted by Crippen LogP contribution is 2.66. The van der Waals surface area contributed by atoms with E-state index >= 15 is 0 Å². The van der Waals surface area contributed by atoms with Gasteiger partial charge in [0, 0.05) is 16.4 Å². The van der Waals surface area contributed by atoms with Crippen molar-refractivity contribution < 1.29 is 24.9 Å². The lowest BCUT2D eigenvalue weighted by atomic mass is 9.70. The molecule has 2 fully saturated rings. The van der Waals surface area contributed by atoms with Crippen LogP contribution in [0.5, 0.6) is 0 Å². The molecule has 3 N–H and O–H groups in total. The van der Waals surface area contributed by atoms with Gasteiger partial charge in [-0.15, -0.1) is 0 Å². The summed E-state index contributed by atoms with van der Waals surface area (Å²) in [4.78, 5) is 12.4. The summed E-state index contributed by atoms with van der Waals surface area (Å²) in [5.41, 5.74) is -0.458. The van der Waals surface area contributed by atoms with Crippen molar-refractivity contribution in [3.63, 3.8) is 0 Å². The molecule has 24 heavy (non-hydrogen) atoms. The lowest BCUT2D eigenvalue weighted by molar-refractivity contribution is -0.152. The molecule has 138 valence electrons. The third kappa shape index (κ3) is 3.02. The molecular formula is C19H32O5. The van der Waals surface area contributed by atoms with Gasteiger partial charge >= 0.3 is 5.97 Å². The normalized spacial score (nSPS) is 31.2. The third-order valence-corrected chi connectivity index (χ3v) is 7.22. The molecule has 0 amide bonds. The Bertz CT molecular complexity index is 486. The fourth-order valence-corrected chi connectivity index (χ4v) is 4.43. The molecule has 0 heterocycles. The predicted octanol–water partition coefficient (Wildman–Crippen LogP) is 2.04. The highest BCUT2D eigenvalue weighted by Gasteiger charge is 2.62. The predicted molar refractivity (Wildman–Crippen MR) is 91.2 cm³/mol. The van der Waals surface area contributed by atoms with Crippen molar-refractivity contribution in [2.24, 2.45) is 22.2 Å². The number of carbonyl (C=O) groups excluding carboxylic acids is 1. The molecule has 1 unspecified atom stereocenters. The van der Waals surface area contributed by atoms with Gasteiger partial charge in [-0.3, -0.25) is 0 Å². The number of carbonyl (C=O) groups is 1. The number of aliphatic hydroxyl groups is 3. The van der Waals surface area contributed by atoms with Crippen LogP contribution in [-0.2, 0) is 9.53 Å². The van der Waals surface area contributed by atoms with Crippen LogP contribution in [-0.4, -0.2) is 47.2 Å². The quantitative estimate of drug-likeness (QED) is 0.465. The molecule has 0 spiro atoms. The Morgan fingerprint density at radius 2 is 1.79 bits per heavy atom. The van der Waals surface area contributed by atoms with E-state index in [-0.39, 0.29) is 43.2 Å². The molecule has 0 radical (unpaired) electrons. The van der Waals surface area contributed by atoms with Gasteiger partial charge in [0.25, 0.3) is 0 Å². The Balaban J connectivity index is 1.93. The maximum atomic E-state index is 12.4. The number of hydrogen-bond acceptors (Lipinski definition) is 5. The molecule has 2 saturated carbocycles. The smallest absolute Gasteiger partial charge is 0.333 e. The number of hydrogen-bond donors (Lipinski definition) is 3. The highest BCUT2D eigenvalue weighted by atomic mass is 16.5. The van der Waals surface area contributed by atoms with E-state index < -0.39 is 11.4 Å². The van der Waals surface area contributed by atoms with Crippen LogP contribution >= 0.6 is 0 Å². The van der Waals surface area contributed by atoms with Gasteiger partial charge in [-0.05, 0) is 43.4 Å². The lowest BCUT2D eigenvalue weighted by Crippen LogP contribution is -2.38. The third-order valence-electron chi connectivity index (χ3n) is 7.22. The zero-order chi connectivity index (χ0) is 18.2. The van der Waals surface area contributed by atoms with Gasteiger partial charge < -0.3 is 20.1 Å². The maximum absolute atomic E-state index is 12.4. The molecule has 0 aromatic rings. The van der Waals surface area contributed by atoms with E-state index in [2.05, 4.69) is 27.4 Å². The monoisotopic (exact) mass is 340 g/mol. The Labute approximate surface area is 144 Å². The second-order valence-corrected chi connectivity index (χ2v) is 8.58. The first-order valence-electron chi connectivity index (χ1n) is 8.87. The minimum absolute atomic E-state index is 0.0126. The summed E-state index contributed by atoms with van der Waals surface area (Å²) >= 11 is 0. The molecule has 0 aromatic heterocycles. The average Bonchev–Trinajstić information content (AvgIpc) is 2.89. The standard InChI is InChI=1S/C19H32O5/c1-13(5-8-19(10-20,11-21)12-22)16(23)24-15-9-14-6-7-18(15,4)17(14,2)3/h14-15,20-22H,1,5-12H2,2-4H3/t14-,15?,18-/m1/s1. The van der Waals surface area contributed by atoms with Crippen LogP contribution in [0.4, 0.5) is 0 Å². The van der Waals surface area contributed by atoms with Crippen LogP contribution in [0.15, 0.2) is 12.2 Å². The molecule has 2 aliphatic carbocycles. The summed E-state index contributed by atoms with van der Waals surface area (Å²) in [6.07, 6.45) is 3.70. The van der Waals surface area contributed by atoms with Crippen LogP contribution in [0.1, 0.15) is 52.9 Å². The van der Waals surface area contributed by atoms with Gasteiger partial charge in [-0.2, -0.15) is 0 Å². The summed E-state index contributed by atoms with van der Waals surface area (Å²) in [7, 11) is 0. The Morgan fingerprint density at radius 1 is 1.21 bits per heavy atom. The molecule has 2 bridgehead atoms. The molecule has 5 nitrogen and oxygen atoms in total. The van der Waals surface area contributed by atoms with Crippen molar-refractivity contribution in [1.29, 1.82) is 0 Å². The first kappa shape index (κ1) is 19.4. The molecule has 5 heteroatoms. The van der Waals surface area contributed by atoms with Gasteiger partial charge in [0.2, 0.25) is 0 Å². The molecule has 0 aliphatic heterocycles. The van der Waals surface area contributed by atoms with Crippen LogP contribution in [0.25, 0.3) is 0 Å². The second-order valence-electron chi connectivity index (χ2n) is 8.58. The van der Waals surface area contributed by atoms with Crippen LogP contribution in [0.3, 0.4) is 0 Å². The summed E-state index contributed by atoms with van der Waals surface area (Å²) in [6.45, 7) is 9.56. The first-order valence-corrected chi connectivity index (χ1v) is 8.87. The molecule has 2 rings (SSSR count). The summed E-state index contributed by atoms with van der Waals surface area (Å²) in [5.74, 6) is 0.201. The zero-order valence-electron chi connectivity index (χ0n) is 15.2. The number of esters is 1. The van der Waals surface area contributed by atoms with Gasteiger partial charge in [-0.1, -0.05) is 27.4 Å². The van der Waals surface area contributed by atoms with Crippen molar-refractivity contribution in [3.8, 4) is 0 Å². The van der Waals surface area contributed by atoms with Crippen LogP contribution in [0.2, 0.25) is 0 Å². The molecule has 3 atom stereocenters. The molecule has 2 aliphatic rings. The largest absolute Gasteiger partial charge is 0.458 e. The summed E-state index contributed by atoms with van der Waals surface area (Å²) in [6, 6.07) is 0. The van der Waals surface area contributed by atoms with E-state index in [0.717, 1.165) is 12.8 Å². The Hall–Kier alpha value is -0.910. The van der Waals surface area contributed by atoms with Gasteiger partial charge in [0.15, 0.2) is 0 Å². The zero-order valence-corrected chi connectivity index (χ0v) is 15.2. The van der Waals surface area contributed by atoms with Crippen LogP contribution < -0.4 is 0 Å². The van der Waals surface area contributed by atoms with Crippen molar-refractivity contribution in [1.82, 2.24) is 0 Å². The van der Waals surface area contributed by atoms with E-state index in [9.17, 15) is 20.1 Å². The van der Waals surface area contributed by atoms with E-state index in [0.29, 0.717) is 17.9 Å². The summed E-state index contributed by atoms with van der Waals surface area (Å²) in [5, 5.41) is 28.1. The summed E-state index contributed by atoms with van der Waals surface area (Å²) < 4.78 is 5.79. The number of rotatable bonds is 8. The van der Waals surface area contributed by atoms with E-state index in [1.165, 1.54) is 6.42 Å². The van der Waals surface area contributed by atoms with Crippen LogP contribution in [0, 0.1) is 22.2 Å². The minimum Gasteiger partial charge on any atom is -0.458 e. The Kier molecular flexibility index (Phi) is 5.48. The maximum Gasteiger partial charge on any atom is 0.333 e. The van der Waals surface area contributed by atoms with E-state index in [1.54, 1.807) is 0 Å². The topological polar surface area (TPSA) is 87.0 Å². The highest BCUT2D eigenvalue weighted by molar-refractivity contribution is 5.87. The number of ether oxygens (including phenoxy) is 1. The fraction of sp³-hybridized carbons (Fsp3) is 0.842. The minimum atomic E-state index is -0.983. The molecule has 0 saturated heterocycles. The number of aliphatic hydroxyl groups excluding tert-OH is 3. The van der Waals surface area contributed by atoms with Crippen molar-refractivity contribution in [2.75, 3.05) is 19.8 Å². The Morgan fingerprint density at radius 3 is 2.21 bits per heavy atom. The lowest BCUT2D eigenvalue weighted by Gasteiger charge is -2.38. The fourth-order valence-electron chi connectivity index (χ4n) is 4.43. The average molecular weight is 340 g/mol. The van der Waals surface area contributed by atoms with E-state index in [1.807, 2.05) is 0 Å². The van der Waals surface area contributed by atoms with E-state index in [4.69, 9.17) is 4.74 Å². The van der Waals surface area contributed by atoms with Crippen molar-refractivity contribution in [2.45, 2.75) is 59.0 Å². The van der Waals surface area contributed by atoms with Crippen molar-refractivity contribution >= 4 is 5.97 Å². The van der Waals surface area contributed by atoms with Crippen molar-refractivity contribution in [3.05, 3.63) is 12.2 Å².